The standard InChI is InChI=1S/C42H33BN2/c1-41(2)31-19-13-21-36-38(31)43-37-33(41)24-28(44(26-14-7-5-8-15-26)27-16-9-6-10-17-27)25-34(37)42(3,4)32-23-22-30-29-18-11-12-20-35(29)45(36)40(30)39(32)43/h5-25H,1-4H3. The van der Waals surface area contributed by atoms with Crippen LogP contribution in [0, 0.1) is 0 Å². The summed E-state index contributed by atoms with van der Waals surface area (Å²) in [6.45, 7) is 10.0. The molecule has 0 N–H and O–H groups in total. The van der Waals surface area contributed by atoms with Gasteiger partial charge in [0.05, 0.1) is 5.52 Å². The lowest BCUT2D eigenvalue weighted by atomic mass is 9.26. The summed E-state index contributed by atoms with van der Waals surface area (Å²) >= 11 is 0. The maximum Gasteiger partial charge on any atom is 0.248 e. The Balaban J connectivity index is 1.36. The van der Waals surface area contributed by atoms with Crippen LogP contribution in [0.15, 0.2) is 127 Å². The van der Waals surface area contributed by atoms with E-state index in [0.29, 0.717) is 0 Å². The Labute approximate surface area is 264 Å². The van der Waals surface area contributed by atoms with Crippen LogP contribution in [0.1, 0.15) is 49.9 Å². The van der Waals surface area contributed by atoms with Crippen molar-refractivity contribution in [1.82, 2.24) is 4.57 Å². The fraction of sp³-hybridized carbons (Fsp3) is 0.143. The zero-order chi connectivity index (χ0) is 30.2. The first-order valence-corrected chi connectivity index (χ1v) is 16.2. The van der Waals surface area contributed by atoms with Crippen LogP contribution < -0.4 is 21.3 Å². The molecule has 3 aliphatic heterocycles. The van der Waals surface area contributed by atoms with Gasteiger partial charge in [-0.3, -0.25) is 0 Å². The molecule has 0 radical (unpaired) electrons. The molecule has 0 amide bonds. The number of para-hydroxylation sites is 3. The summed E-state index contributed by atoms with van der Waals surface area (Å²) in [7, 11) is 0. The lowest BCUT2D eigenvalue weighted by molar-refractivity contribution is 0.621. The topological polar surface area (TPSA) is 8.17 Å². The molecule has 1 aromatic heterocycles. The van der Waals surface area contributed by atoms with Crippen molar-refractivity contribution in [3.63, 3.8) is 0 Å². The van der Waals surface area contributed by atoms with E-state index in [4.69, 9.17) is 0 Å². The summed E-state index contributed by atoms with van der Waals surface area (Å²) in [5.41, 5.74) is 17.5. The van der Waals surface area contributed by atoms with Crippen LogP contribution in [-0.2, 0) is 10.8 Å². The van der Waals surface area contributed by atoms with Crippen molar-refractivity contribution >= 4 is 62.0 Å². The van der Waals surface area contributed by atoms with Gasteiger partial charge in [-0.1, -0.05) is 112 Å². The smallest absolute Gasteiger partial charge is 0.248 e. The summed E-state index contributed by atoms with van der Waals surface area (Å²) in [5.74, 6) is 0. The van der Waals surface area contributed by atoms with E-state index in [9.17, 15) is 0 Å². The van der Waals surface area contributed by atoms with Crippen molar-refractivity contribution in [3.05, 3.63) is 150 Å². The molecule has 0 bridgehead atoms. The molecule has 10 rings (SSSR count). The van der Waals surface area contributed by atoms with Gasteiger partial charge in [-0.15, -0.1) is 0 Å². The molecular formula is C42H33BN2. The molecule has 0 saturated carbocycles. The van der Waals surface area contributed by atoms with E-state index in [1.165, 1.54) is 83.2 Å². The molecule has 2 nitrogen and oxygen atoms in total. The number of rotatable bonds is 3. The maximum atomic E-state index is 2.59. The molecule has 214 valence electrons. The van der Waals surface area contributed by atoms with E-state index in [1.54, 1.807) is 0 Å². The third kappa shape index (κ3) is 3.02. The second-order valence-electron chi connectivity index (χ2n) is 14.2. The highest BCUT2D eigenvalue weighted by Crippen LogP contribution is 2.48. The zero-order valence-electron chi connectivity index (χ0n) is 26.1. The van der Waals surface area contributed by atoms with Gasteiger partial charge in [-0.05, 0) is 81.7 Å². The maximum absolute atomic E-state index is 2.59. The summed E-state index contributed by atoms with van der Waals surface area (Å²) in [6, 6.07) is 47.6. The van der Waals surface area contributed by atoms with Gasteiger partial charge >= 0.3 is 0 Å². The molecule has 0 spiro atoms. The number of nitrogens with zero attached hydrogens (tertiary/aromatic N) is 2. The molecule has 3 aliphatic rings. The molecule has 3 heteroatoms. The fourth-order valence-corrected chi connectivity index (χ4v) is 9.20. The van der Waals surface area contributed by atoms with Crippen molar-refractivity contribution in [3.8, 4) is 5.69 Å². The Morgan fingerprint density at radius 2 is 1.09 bits per heavy atom. The SMILES string of the molecule is CC1(C)c2cccc3c2B2c4c1cc(N(c1ccccc1)c1ccccc1)cc4C(C)(C)c1ccc4c5ccccc5n-3c4c12. The largest absolute Gasteiger partial charge is 0.310 e. The summed E-state index contributed by atoms with van der Waals surface area (Å²) in [4.78, 5) is 2.44. The van der Waals surface area contributed by atoms with E-state index in [2.05, 4.69) is 165 Å². The van der Waals surface area contributed by atoms with Gasteiger partial charge in [0.15, 0.2) is 0 Å². The van der Waals surface area contributed by atoms with Crippen LogP contribution in [0.3, 0.4) is 0 Å². The lowest BCUT2D eigenvalue weighted by Crippen LogP contribution is -2.68. The first-order chi connectivity index (χ1) is 21.9. The Morgan fingerprint density at radius 3 is 1.76 bits per heavy atom. The molecule has 45 heavy (non-hydrogen) atoms. The molecule has 0 unspecified atom stereocenters. The van der Waals surface area contributed by atoms with E-state index in [-0.39, 0.29) is 17.5 Å². The van der Waals surface area contributed by atoms with Gasteiger partial charge in [0, 0.05) is 49.9 Å². The Morgan fingerprint density at radius 1 is 0.489 bits per heavy atom. The molecular weight excluding hydrogens is 543 g/mol. The van der Waals surface area contributed by atoms with Gasteiger partial charge in [-0.2, -0.15) is 0 Å². The minimum atomic E-state index is -0.180. The molecule has 4 heterocycles. The molecule has 6 aromatic carbocycles. The van der Waals surface area contributed by atoms with Crippen LogP contribution in [0.4, 0.5) is 17.1 Å². The van der Waals surface area contributed by atoms with Gasteiger partial charge in [-0.25, -0.2) is 0 Å². The summed E-state index contributed by atoms with van der Waals surface area (Å²) in [5, 5.41) is 2.70. The van der Waals surface area contributed by atoms with Gasteiger partial charge in [0.1, 0.15) is 0 Å². The Hall–Kier alpha value is -5.02. The summed E-state index contributed by atoms with van der Waals surface area (Å²) < 4.78 is 2.59. The minimum Gasteiger partial charge on any atom is -0.310 e. The van der Waals surface area contributed by atoms with Gasteiger partial charge in [0.2, 0.25) is 6.71 Å². The highest BCUT2D eigenvalue weighted by molar-refractivity contribution is 7.00. The molecule has 0 atom stereocenters. The van der Waals surface area contributed by atoms with Crippen molar-refractivity contribution in [2.24, 2.45) is 0 Å². The minimum absolute atomic E-state index is 0.178. The summed E-state index contributed by atoms with van der Waals surface area (Å²) in [6.07, 6.45) is 0. The normalized spacial score (nSPS) is 15.9. The van der Waals surface area contributed by atoms with E-state index < -0.39 is 0 Å². The van der Waals surface area contributed by atoms with Crippen molar-refractivity contribution in [2.75, 3.05) is 4.90 Å². The number of hydrogen-bond acceptors (Lipinski definition) is 1. The lowest BCUT2D eigenvalue weighted by Gasteiger charge is -2.49. The average molecular weight is 577 g/mol. The fourth-order valence-electron chi connectivity index (χ4n) is 9.20. The van der Waals surface area contributed by atoms with E-state index in [0.717, 1.165) is 0 Å². The van der Waals surface area contributed by atoms with Crippen molar-refractivity contribution in [2.45, 2.75) is 38.5 Å². The van der Waals surface area contributed by atoms with Crippen molar-refractivity contribution in [1.29, 1.82) is 0 Å². The quantitative estimate of drug-likeness (QED) is 0.192. The number of benzene rings is 6. The van der Waals surface area contributed by atoms with Gasteiger partial charge in [0.25, 0.3) is 0 Å². The average Bonchev–Trinajstić information content (AvgIpc) is 3.40. The third-order valence-corrected chi connectivity index (χ3v) is 11.2. The number of anilines is 3. The molecule has 0 fully saturated rings. The number of aromatic nitrogens is 1. The van der Waals surface area contributed by atoms with Crippen LogP contribution >= 0.6 is 0 Å². The zero-order valence-corrected chi connectivity index (χ0v) is 26.1. The first kappa shape index (κ1) is 25.3. The van der Waals surface area contributed by atoms with Crippen molar-refractivity contribution < 1.29 is 0 Å². The van der Waals surface area contributed by atoms with Gasteiger partial charge < -0.3 is 9.47 Å². The first-order valence-electron chi connectivity index (χ1n) is 16.2. The molecule has 7 aromatic rings. The molecule has 0 aliphatic carbocycles. The van der Waals surface area contributed by atoms with E-state index >= 15 is 0 Å². The second kappa shape index (κ2) is 8.37. The van der Waals surface area contributed by atoms with Crippen LogP contribution in [0.2, 0.25) is 0 Å². The highest BCUT2D eigenvalue weighted by Gasteiger charge is 2.52. The number of hydrogen-bond donors (Lipinski definition) is 0. The monoisotopic (exact) mass is 576 g/mol. The van der Waals surface area contributed by atoms with Crippen LogP contribution in [0.25, 0.3) is 27.5 Å². The number of fused-ring (bicyclic) bond motifs is 4. The third-order valence-electron chi connectivity index (χ3n) is 11.2. The second-order valence-corrected chi connectivity index (χ2v) is 14.2. The predicted molar refractivity (Wildman–Crippen MR) is 191 cm³/mol. The van der Waals surface area contributed by atoms with E-state index in [1.807, 2.05) is 0 Å². The Bertz CT molecular complexity index is 2320. The highest BCUT2D eigenvalue weighted by atomic mass is 15.1. The predicted octanol–water partition coefficient (Wildman–Crippen LogP) is 8.36. The van der Waals surface area contributed by atoms with Crippen LogP contribution in [-0.4, -0.2) is 11.3 Å². The molecule has 0 saturated heterocycles. The van der Waals surface area contributed by atoms with Crippen LogP contribution in [0.5, 0.6) is 0 Å². The Kier molecular flexibility index (Phi) is 4.71.